The fourth-order valence-corrected chi connectivity index (χ4v) is 4.54. The van der Waals surface area contributed by atoms with Crippen LogP contribution in [0.1, 0.15) is 62.6 Å². The van der Waals surface area contributed by atoms with Crippen LogP contribution in [-0.2, 0) is 13.0 Å². The molecular formula is C25H25N3O3. The van der Waals surface area contributed by atoms with E-state index >= 15 is 0 Å². The van der Waals surface area contributed by atoms with Crippen molar-refractivity contribution in [2.45, 2.75) is 33.2 Å². The van der Waals surface area contributed by atoms with Crippen molar-refractivity contribution in [2.24, 2.45) is 5.92 Å². The predicted octanol–water partition coefficient (Wildman–Crippen LogP) is 4.01. The van der Waals surface area contributed by atoms with Crippen molar-refractivity contribution in [2.75, 3.05) is 13.1 Å². The SMILES string of the molecule is CC(C)CCN1C(=O)c2ccc(C(=O)N3CCc4[nH]c5ccccc5c4C3)cc2C1=O. The normalized spacial score (nSPS) is 15.7. The Kier molecular flexibility index (Phi) is 4.65. The Morgan fingerprint density at radius 1 is 1.06 bits per heavy atom. The van der Waals surface area contributed by atoms with Gasteiger partial charge in [-0.3, -0.25) is 19.3 Å². The summed E-state index contributed by atoms with van der Waals surface area (Å²) in [4.78, 5) is 45.3. The molecule has 3 heterocycles. The molecule has 3 aromatic rings. The molecule has 0 atom stereocenters. The number of amides is 3. The minimum Gasteiger partial charge on any atom is -0.358 e. The van der Waals surface area contributed by atoms with Gasteiger partial charge >= 0.3 is 0 Å². The maximum Gasteiger partial charge on any atom is 0.261 e. The van der Waals surface area contributed by atoms with Crippen molar-refractivity contribution in [3.05, 3.63) is 70.4 Å². The third kappa shape index (κ3) is 3.23. The van der Waals surface area contributed by atoms with Gasteiger partial charge in [-0.05, 0) is 36.6 Å². The van der Waals surface area contributed by atoms with Crippen LogP contribution in [0.3, 0.4) is 0 Å². The Hall–Kier alpha value is -3.41. The molecule has 1 N–H and O–H groups in total. The van der Waals surface area contributed by atoms with E-state index in [9.17, 15) is 14.4 Å². The first-order valence-electron chi connectivity index (χ1n) is 10.8. The molecule has 6 heteroatoms. The van der Waals surface area contributed by atoms with Crippen molar-refractivity contribution < 1.29 is 14.4 Å². The maximum atomic E-state index is 13.3. The third-order valence-electron chi connectivity index (χ3n) is 6.32. The van der Waals surface area contributed by atoms with Crippen molar-refractivity contribution in [1.29, 1.82) is 0 Å². The van der Waals surface area contributed by atoms with Crippen molar-refractivity contribution in [3.63, 3.8) is 0 Å². The fourth-order valence-electron chi connectivity index (χ4n) is 4.54. The summed E-state index contributed by atoms with van der Waals surface area (Å²) < 4.78 is 0. The Morgan fingerprint density at radius 3 is 2.65 bits per heavy atom. The highest BCUT2D eigenvalue weighted by Crippen LogP contribution is 2.29. The van der Waals surface area contributed by atoms with E-state index in [-0.39, 0.29) is 17.7 Å². The predicted molar refractivity (Wildman–Crippen MR) is 118 cm³/mol. The number of hydrogen-bond acceptors (Lipinski definition) is 3. The second kappa shape index (κ2) is 7.38. The molecule has 0 unspecified atom stereocenters. The number of carbonyl (C=O) groups is 3. The van der Waals surface area contributed by atoms with Crippen LogP contribution in [-0.4, -0.2) is 45.6 Å². The number of benzene rings is 2. The molecule has 5 rings (SSSR count). The first-order chi connectivity index (χ1) is 14.9. The summed E-state index contributed by atoms with van der Waals surface area (Å²) in [6.07, 6.45) is 1.53. The number of imide groups is 1. The van der Waals surface area contributed by atoms with Crippen molar-refractivity contribution in [3.8, 4) is 0 Å². The zero-order valence-corrected chi connectivity index (χ0v) is 17.8. The van der Waals surface area contributed by atoms with E-state index in [4.69, 9.17) is 0 Å². The van der Waals surface area contributed by atoms with E-state index in [1.165, 1.54) is 10.6 Å². The van der Waals surface area contributed by atoms with Gasteiger partial charge in [-0.25, -0.2) is 0 Å². The van der Waals surface area contributed by atoms with Crippen LogP contribution < -0.4 is 0 Å². The van der Waals surface area contributed by atoms with Gasteiger partial charge in [0.2, 0.25) is 0 Å². The average Bonchev–Trinajstić information content (AvgIpc) is 3.26. The number of aromatic nitrogens is 1. The van der Waals surface area contributed by atoms with Crippen LogP contribution in [0.25, 0.3) is 10.9 Å². The topological polar surface area (TPSA) is 73.5 Å². The van der Waals surface area contributed by atoms with E-state index in [1.807, 2.05) is 23.1 Å². The largest absolute Gasteiger partial charge is 0.358 e. The third-order valence-corrected chi connectivity index (χ3v) is 6.32. The van der Waals surface area contributed by atoms with E-state index in [1.54, 1.807) is 18.2 Å². The lowest BCUT2D eigenvalue weighted by Crippen LogP contribution is -2.35. The minimum atomic E-state index is -0.298. The first kappa shape index (κ1) is 19.5. The van der Waals surface area contributed by atoms with Crippen LogP contribution in [0.15, 0.2) is 42.5 Å². The minimum absolute atomic E-state index is 0.111. The second-order valence-electron chi connectivity index (χ2n) is 8.81. The summed E-state index contributed by atoms with van der Waals surface area (Å²) in [5, 5.41) is 1.14. The molecule has 0 fully saturated rings. The Labute approximate surface area is 180 Å². The highest BCUT2D eigenvalue weighted by atomic mass is 16.2. The van der Waals surface area contributed by atoms with Gasteiger partial charge in [-0.15, -0.1) is 0 Å². The lowest BCUT2D eigenvalue weighted by Gasteiger charge is -2.27. The number of H-pyrrole nitrogens is 1. The standard InChI is InChI=1S/C25H25N3O3/c1-15(2)9-12-28-24(30)18-8-7-16(13-19(18)25(28)31)23(29)27-11-10-22-20(14-27)17-5-3-4-6-21(17)26-22/h3-8,13,15,26H,9-12,14H2,1-2H3. The number of para-hydroxylation sites is 1. The maximum absolute atomic E-state index is 13.3. The average molecular weight is 415 g/mol. The summed E-state index contributed by atoms with van der Waals surface area (Å²) in [6.45, 7) is 5.67. The zero-order valence-electron chi connectivity index (χ0n) is 17.8. The number of carbonyl (C=O) groups excluding carboxylic acids is 3. The number of hydrogen-bond donors (Lipinski definition) is 1. The van der Waals surface area contributed by atoms with Gasteiger partial charge < -0.3 is 9.88 Å². The lowest BCUT2D eigenvalue weighted by atomic mass is 10.0. The lowest BCUT2D eigenvalue weighted by molar-refractivity contribution is 0.0647. The molecule has 0 saturated heterocycles. The molecule has 31 heavy (non-hydrogen) atoms. The summed E-state index contributed by atoms with van der Waals surface area (Å²) >= 11 is 0. The van der Waals surface area contributed by atoms with Gasteiger partial charge in [0.15, 0.2) is 0 Å². The smallest absolute Gasteiger partial charge is 0.261 e. The van der Waals surface area contributed by atoms with E-state index < -0.39 is 0 Å². The van der Waals surface area contributed by atoms with E-state index in [0.717, 1.165) is 29.3 Å². The summed E-state index contributed by atoms with van der Waals surface area (Å²) in [6, 6.07) is 13.0. The Morgan fingerprint density at radius 2 is 1.84 bits per heavy atom. The van der Waals surface area contributed by atoms with Gasteiger partial charge in [-0.1, -0.05) is 32.0 Å². The van der Waals surface area contributed by atoms with Crippen LogP contribution in [0, 0.1) is 5.92 Å². The molecular weight excluding hydrogens is 390 g/mol. The highest BCUT2D eigenvalue weighted by Gasteiger charge is 2.36. The monoisotopic (exact) mass is 415 g/mol. The molecule has 2 aliphatic heterocycles. The van der Waals surface area contributed by atoms with Crippen LogP contribution in [0.5, 0.6) is 0 Å². The quantitative estimate of drug-likeness (QED) is 0.655. The molecule has 0 spiro atoms. The Bertz CT molecular complexity index is 1220. The molecule has 0 aliphatic carbocycles. The van der Waals surface area contributed by atoms with Gasteiger partial charge in [0.05, 0.1) is 11.1 Å². The number of fused-ring (bicyclic) bond motifs is 4. The summed E-state index contributed by atoms with van der Waals surface area (Å²) in [7, 11) is 0. The van der Waals surface area contributed by atoms with E-state index in [0.29, 0.717) is 42.2 Å². The number of nitrogens with one attached hydrogen (secondary N) is 1. The molecule has 158 valence electrons. The van der Waals surface area contributed by atoms with Crippen LogP contribution in [0.4, 0.5) is 0 Å². The van der Waals surface area contributed by atoms with E-state index in [2.05, 4.69) is 24.9 Å². The van der Waals surface area contributed by atoms with Crippen molar-refractivity contribution in [1.82, 2.24) is 14.8 Å². The molecule has 3 amide bonds. The van der Waals surface area contributed by atoms with Crippen LogP contribution >= 0.6 is 0 Å². The molecule has 0 saturated carbocycles. The number of rotatable bonds is 4. The fraction of sp³-hybridized carbons (Fsp3) is 0.320. The molecule has 6 nitrogen and oxygen atoms in total. The Balaban J connectivity index is 1.39. The van der Waals surface area contributed by atoms with Gasteiger partial charge in [0.1, 0.15) is 0 Å². The van der Waals surface area contributed by atoms with Gasteiger partial charge in [-0.2, -0.15) is 0 Å². The summed E-state index contributed by atoms with van der Waals surface area (Å²) in [5.74, 6) is -0.275. The molecule has 2 aliphatic rings. The van der Waals surface area contributed by atoms with Crippen LogP contribution in [0.2, 0.25) is 0 Å². The highest BCUT2D eigenvalue weighted by molar-refractivity contribution is 6.22. The molecule has 2 aromatic carbocycles. The number of nitrogens with zero attached hydrogens (tertiary/aromatic N) is 2. The zero-order chi connectivity index (χ0) is 21.7. The number of aromatic amines is 1. The molecule has 0 radical (unpaired) electrons. The van der Waals surface area contributed by atoms with Gasteiger partial charge in [0.25, 0.3) is 17.7 Å². The second-order valence-corrected chi connectivity index (χ2v) is 8.81. The first-order valence-corrected chi connectivity index (χ1v) is 10.8. The summed E-state index contributed by atoms with van der Waals surface area (Å²) in [5.41, 5.74) is 4.61. The van der Waals surface area contributed by atoms with Crippen molar-refractivity contribution >= 4 is 28.6 Å². The molecule has 1 aromatic heterocycles. The van der Waals surface area contributed by atoms with Gasteiger partial charge in [0, 0.05) is 53.8 Å². The molecule has 0 bridgehead atoms.